The Balaban J connectivity index is 1.52. The van der Waals surface area contributed by atoms with Gasteiger partial charge in [0.05, 0.1) is 19.3 Å². The summed E-state index contributed by atoms with van der Waals surface area (Å²) in [6, 6.07) is -0.339. The summed E-state index contributed by atoms with van der Waals surface area (Å²) >= 11 is 0. The molecule has 1 unspecified atom stereocenters. The molecule has 0 spiro atoms. The quantitative estimate of drug-likeness (QED) is 0.158. The molecular formula is C42H56N4O5. The number of aromatic nitrogens is 2. The number of methoxy groups -OCH3 is 1. The maximum Gasteiger partial charge on any atom is 0.315 e. The first kappa shape index (κ1) is 36.5. The van der Waals surface area contributed by atoms with E-state index in [1.165, 1.54) is 35.1 Å². The molecule has 9 heteroatoms. The molecular weight excluding hydrogens is 640 g/mol. The van der Waals surface area contributed by atoms with Crippen molar-refractivity contribution in [2.24, 2.45) is 23.7 Å². The number of H-pyrrole nitrogens is 2. The highest BCUT2D eigenvalue weighted by atomic mass is 16.5. The van der Waals surface area contributed by atoms with Crippen molar-refractivity contribution in [3.8, 4) is 0 Å². The number of aromatic amines is 2. The highest BCUT2D eigenvalue weighted by Crippen LogP contribution is 2.45. The Morgan fingerprint density at radius 3 is 2.43 bits per heavy atom. The third-order valence-electron chi connectivity index (χ3n) is 12.0. The van der Waals surface area contributed by atoms with E-state index in [1.807, 2.05) is 13.0 Å². The first-order valence-corrected chi connectivity index (χ1v) is 18.8. The smallest absolute Gasteiger partial charge is 0.315 e. The molecule has 1 fully saturated rings. The van der Waals surface area contributed by atoms with Crippen LogP contribution in [0, 0.1) is 37.5 Å². The van der Waals surface area contributed by atoms with Gasteiger partial charge < -0.3 is 35.2 Å². The third-order valence-corrected chi connectivity index (χ3v) is 12.0. The first-order chi connectivity index (χ1) is 24.4. The molecule has 5 N–H and O–H groups in total. The summed E-state index contributed by atoms with van der Waals surface area (Å²) in [5.74, 6) is -1.39. The van der Waals surface area contributed by atoms with E-state index >= 15 is 0 Å². The first-order valence-electron chi connectivity index (χ1n) is 18.8. The van der Waals surface area contributed by atoms with Crippen molar-refractivity contribution in [3.63, 3.8) is 0 Å². The second-order valence-corrected chi connectivity index (χ2v) is 14.9. The Bertz CT molecular complexity index is 1970. The number of hydrogen-bond acceptors (Lipinski definition) is 7. The fourth-order valence-corrected chi connectivity index (χ4v) is 8.99. The minimum atomic E-state index is -1.07. The van der Waals surface area contributed by atoms with Crippen molar-refractivity contribution in [3.05, 3.63) is 84.7 Å². The number of carbonyl (C=O) groups excluding carboxylic acids is 2. The normalized spacial score (nSPS) is 28.0. The summed E-state index contributed by atoms with van der Waals surface area (Å²) in [7, 11) is 1.37. The van der Waals surface area contributed by atoms with Crippen LogP contribution in [0.2, 0.25) is 0 Å². The van der Waals surface area contributed by atoms with E-state index in [4.69, 9.17) is 9.47 Å². The highest BCUT2D eigenvalue weighted by Gasteiger charge is 2.49. The molecule has 6 rings (SSSR count). The van der Waals surface area contributed by atoms with Gasteiger partial charge in [0, 0.05) is 63.0 Å². The summed E-state index contributed by atoms with van der Waals surface area (Å²) in [4.78, 5) is 34.0. The van der Waals surface area contributed by atoms with E-state index in [0.29, 0.717) is 6.42 Å². The van der Waals surface area contributed by atoms with E-state index < -0.39 is 18.0 Å². The average Bonchev–Trinajstić information content (AvgIpc) is 3.84. The topological polar surface area (TPSA) is 128 Å². The molecule has 0 amide bonds. The van der Waals surface area contributed by atoms with Crippen LogP contribution in [0.1, 0.15) is 113 Å². The van der Waals surface area contributed by atoms with Crippen LogP contribution >= 0.6 is 0 Å². The Hall–Kier alpha value is -4.24. The lowest BCUT2D eigenvalue weighted by molar-refractivity contribution is -0.147. The Labute approximate surface area is 302 Å². The summed E-state index contributed by atoms with van der Waals surface area (Å²) < 4.78 is 11.0. The minimum absolute atomic E-state index is 0.0226. The SMILES string of the molecule is CCC/C(C)=C/COC(=O)CC[C@@H]1C2N/C(=C\C3=C(C)[C@@H](CC)/C(=C/c4[nH]c(c(CC)c4C)/C=c4\[nH]c5c(c4C)[C@@H](O)[C@H](C(=O)OC)C=52)N3)[C@H]1C. The summed E-state index contributed by atoms with van der Waals surface area (Å²) in [6.45, 7) is 17.4. The van der Waals surface area contributed by atoms with Gasteiger partial charge in [0.25, 0.3) is 0 Å². The average molecular weight is 697 g/mol. The fraction of sp³-hybridized carbons (Fsp3) is 0.524. The highest BCUT2D eigenvalue weighted by molar-refractivity contribution is 5.88. The number of rotatable bonds is 10. The summed E-state index contributed by atoms with van der Waals surface area (Å²) in [6.07, 6.45) is 12.2. The van der Waals surface area contributed by atoms with Crippen molar-refractivity contribution in [2.45, 2.75) is 106 Å². The number of carbonyl (C=O) groups is 2. The number of aliphatic hydroxyl groups excluding tert-OH is 1. The summed E-state index contributed by atoms with van der Waals surface area (Å²) in [5.41, 5.74) is 12.7. The van der Waals surface area contributed by atoms with E-state index in [0.717, 1.165) is 75.9 Å². The fourth-order valence-electron chi connectivity index (χ4n) is 8.99. The maximum atomic E-state index is 13.5. The van der Waals surface area contributed by atoms with Gasteiger partial charge in [-0.1, -0.05) is 39.7 Å². The van der Waals surface area contributed by atoms with Crippen LogP contribution in [-0.2, 0) is 25.5 Å². The van der Waals surface area contributed by atoms with E-state index in [2.05, 4.69) is 87.3 Å². The molecule has 6 atom stereocenters. The molecule has 4 aliphatic rings. The molecule has 2 aromatic heterocycles. The number of ether oxygens (including phenoxy) is 2. The van der Waals surface area contributed by atoms with Gasteiger partial charge in [-0.15, -0.1) is 0 Å². The monoisotopic (exact) mass is 696 g/mol. The molecule has 1 aliphatic carbocycles. The van der Waals surface area contributed by atoms with Crippen LogP contribution in [0.5, 0.6) is 0 Å². The second kappa shape index (κ2) is 14.8. The molecule has 0 saturated carbocycles. The van der Waals surface area contributed by atoms with Crippen LogP contribution in [-0.4, -0.2) is 46.8 Å². The number of aliphatic hydroxyl groups is 1. The van der Waals surface area contributed by atoms with Crippen molar-refractivity contribution >= 4 is 29.7 Å². The van der Waals surface area contributed by atoms with Crippen LogP contribution in [0.25, 0.3) is 17.7 Å². The molecule has 1 saturated heterocycles. The zero-order chi connectivity index (χ0) is 36.7. The summed E-state index contributed by atoms with van der Waals surface area (Å²) in [5, 5.41) is 21.2. The molecule has 3 aliphatic heterocycles. The molecule has 274 valence electrons. The van der Waals surface area contributed by atoms with Crippen LogP contribution in [0.15, 0.2) is 40.4 Å². The molecule has 9 nitrogen and oxygen atoms in total. The standard InChI is InChI=1S/C42H56N4O5/c1-10-13-21(4)16-17-51-35(47)15-14-28-24(7)31-18-29-22(5)26(11-2)33(43-29)19-30-23(6)27(12-3)34(44-30)20-32-25(8)36-40(46-32)37(39(28)45-31)38(41(36)48)42(49)50-9/h16,18-20,24,26,28,38-39,41,43-46,48H,10-15,17H2,1-9H3/b21-16+,31-18-,32-20-,33-19-/t24-,26+,28-,38+,39?,41+/m0/s1. The van der Waals surface area contributed by atoms with Crippen molar-refractivity contribution in [2.75, 3.05) is 13.7 Å². The van der Waals surface area contributed by atoms with Gasteiger partial charge in [0.1, 0.15) is 12.5 Å². The zero-order valence-corrected chi connectivity index (χ0v) is 31.8. The lowest BCUT2D eigenvalue weighted by Gasteiger charge is -2.27. The van der Waals surface area contributed by atoms with E-state index in [1.54, 1.807) is 0 Å². The Morgan fingerprint density at radius 2 is 1.75 bits per heavy atom. The molecule has 2 aromatic rings. The minimum Gasteiger partial charge on any atom is -0.468 e. The van der Waals surface area contributed by atoms with Gasteiger partial charge in [0.15, 0.2) is 0 Å². The van der Waals surface area contributed by atoms with Crippen molar-refractivity contribution in [1.29, 1.82) is 0 Å². The zero-order valence-electron chi connectivity index (χ0n) is 31.8. The van der Waals surface area contributed by atoms with Gasteiger partial charge in [-0.05, 0) is 111 Å². The largest absolute Gasteiger partial charge is 0.468 e. The molecule has 5 heterocycles. The molecule has 0 radical (unpaired) electrons. The maximum absolute atomic E-state index is 13.5. The predicted octanol–water partition coefficient (Wildman–Crippen LogP) is 5.77. The van der Waals surface area contributed by atoms with E-state index in [-0.39, 0.29) is 42.8 Å². The van der Waals surface area contributed by atoms with E-state index in [9.17, 15) is 14.7 Å². The van der Waals surface area contributed by atoms with Crippen LogP contribution in [0.4, 0.5) is 0 Å². The number of fused-ring (bicyclic) bond motifs is 8. The number of esters is 2. The lowest BCUT2D eigenvalue weighted by Crippen LogP contribution is -2.37. The van der Waals surface area contributed by atoms with Gasteiger partial charge in [-0.2, -0.15) is 0 Å². The van der Waals surface area contributed by atoms with Crippen molar-refractivity contribution < 1.29 is 24.2 Å². The van der Waals surface area contributed by atoms with Gasteiger partial charge in [-0.25, -0.2) is 0 Å². The second-order valence-electron chi connectivity index (χ2n) is 14.9. The molecule has 0 aromatic carbocycles. The Kier molecular flexibility index (Phi) is 10.6. The Morgan fingerprint density at radius 1 is 0.980 bits per heavy atom. The van der Waals surface area contributed by atoms with Gasteiger partial charge in [-0.3, -0.25) is 9.59 Å². The molecule has 51 heavy (non-hydrogen) atoms. The van der Waals surface area contributed by atoms with Crippen LogP contribution < -0.4 is 21.3 Å². The van der Waals surface area contributed by atoms with Gasteiger partial charge in [0.2, 0.25) is 0 Å². The number of hydrogen-bond donors (Lipinski definition) is 5. The third kappa shape index (κ3) is 6.54. The number of nitrogens with one attached hydrogen (secondary N) is 4. The van der Waals surface area contributed by atoms with Gasteiger partial charge >= 0.3 is 11.9 Å². The lowest BCUT2D eigenvalue weighted by atomic mass is 9.80. The number of allylic oxidation sites excluding steroid dienone is 4. The predicted molar refractivity (Wildman–Crippen MR) is 201 cm³/mol. The van der Waals surface area contributed by atoms with Crippen LogP contribution in [0.3, 0.4) is 0 Å². The van der Waals surface area contributed by atoms with Crippen molar-refractivity contribution in [1.82, 2.24) is 20.6 Å². The molecule has 8 bridgehead atoms.